The number of carboxylic acid groups (broad SMARTS) is 1. The zero-order valence-electron chi connectivity index (χ0n) is 13.6. The maximum absolute atomic E-state index is 12.8. The molecule has 0 saturated heterocycles. The molecule has 0 aliphatic carbocycles. The molecule has 0 aliphatic rings. The van der Waals surface area contributed by atoms with Gasteiger partial charge in [0, 0.05) is 12.1 Å². The second-order valence-corrected chi connectivity index (χ2v) is 6.33. The summed E-state index contributed by atoms with van der Waals surface area (Å²) in [6.45, 7) is 0.756. The van der Waals surface area contributed by atoms with E-state index in [1.54, 1.807) is 0 Å². The van der Waals surface area contributed by atoms with Gasteiger partial charge in [-0.05, 0) is 19.1 Å². The Morgan fingerprint density at radius 2 is 1.79 bits per heavy atom. The third-order valence-electron chi connectivity index (χ3n) is 3.45. The predicted molar refractivity (Wildman–Crippen MR) is 89.6 cm³/mol. The van der Waals surface area contributed by atoms with Crippen LogP contribution in [0.1, 0.15) is 18.2 Å². The molecule has 8 nitrogen and oxygen atoms in total. The molecule has 0 bridgehead atoms. The Morgan fingerprint density at radius 3 is 2.21 bits per heavy atom. The van der Waals surface area contributed by atoms with Crippen molar-refractivity contribution in [2.24, 2.45) is 0 Å². The van der Waals surface area contributed by atoms with Crippen molar-refractivity contribution in [3.05, 3.63) is 55.7 Å². The van der Waals surface area contributed by atoms with Gasteiger partial charge in [0.25, 0.3) is 5.69 Å². The second-order valence-electron chi connectivity index (χ2n) is 5.52. The Balaban J connectivity index is 2.54. The fraction of sp³-hybridized carbons (Fsp3) is 0.200. The number of pyridine rings is 1. The van der Waals surface area contributed by atoms with Crippen molar-refractivity contribution in [3.8, 4) is 11.6 Å². The molecule has 0 spiro atoms. The summed E-state index contributed by atoms with van der Waals surface area (Å²) in [5, 5.41) is 29.1. The highest BCUT2D eigenvalue weighted by atomic mass is 35.5. The van der Waals surface area contributed by atoms with Gasteiger partial charge in [-0.3, -0.25) is 10.1 Å². The lowest BCUT2D eigenvalue weighted by Crippen LogP contribution is -2.33. The van der Waals surface area contributed by atoms with E-state index in [0.29, 0.717) is 12.1 Å². The van der Waals surface area contributed by atoms with Gasteiger partial charge in [-0.2, -0.15) is 13.2 Å². The average molecular weight is 441 g/mol. The largest absolute Gasteiger partial charge is 0.479 e. The number of aliphatic hydroxyl groups is 1. The number of rotatable bonds is 5. The first-order valence-electron chi connectivity index (χ1n) is 7.11. The van der Waals surface area contributed by atoms with Crippen molar-refractivity contribution in [2.45, 2.75) is 18.7 Å². The summed E-state index contributed by atoms with van der Waals surface area (Å²) in [6, 6.07) is 2.83. The minimum Gasteiger partial charge on any atom is -0.479 e. The van der Waals surface area contributed by atoms with Crippen LogP contribution in [0.3, 0.4) is 0 Å². The van der Waals surface area contributed by atoms with Gasteiger partial charge in [-0.1, -0.05) is 23.2 Å². The molecule has 1 aromatic carbocycles. The molecule has 0 aliphatic heterocycles. The Labute approximate surface area is 164 Å². The van der Waals surface area contributed by atoms with Gasteiger partial charge in [0.1, 0.15) is 0 Å². The number of aliphatic carboxylic acids is 1. The molecular formula is C15H9Cl2F3N2O6. The Hall–Kier alpha value is -2.63. The van der Waals surface area contributed by atoms with Crippen LogP contribution in [0.15, 0.2) is 24.3 Å². The smallest absolute Gasteiger partial charge is 0.416 e. The third kappa shape index (κ3) is 4.26. The number of carbonyl (C=O) groups is 1. The Morgan fingerprint density at radius 1 is 1.25 bits per heavy atom. The third-order valence-corrected chi connectivity index (χ3v) is 4.02. The maximum Gasteiger partial charge on any atom is 0.416 e. The van der Waals surface area contributed by atoms with Crippen molar-refractivity contribution < 1.29 is 37.8 Å². The standard InChI is InChI=1S/C15H9Cl2F3N2O6/c1-14(25,13(23)24)12-9(22(26)27)2-3-10(21-12)28-11-7(16)4-6(5-8(11)17)15(18,19)20/h2-5,25H,1H3,(H,23,24). The summed E-state index contributed by atoms with van der Waals surface area (Å²) in [5.41, 5.74) is -5.57. The molecule has 150 valence electrons. The number of aromatic nitrogens is 1. The van der Waals surface area contributed by atoms with E-state index in [9.17, 15) is 33.2 Å². The van der Waals surface area contributed by atoms with Crippen molar-refractivity contribution in [1.82, 2.24) is 4.98 Å². The van der Waals surface area contributed by atoms with Gasteiger partial charge in [0.2, 0.25) is 11.5 Å². The van der Waals surface area contributed by atoms with Crippen molar-refractivity contribution >= 4 is 34.9 Å². The lowest BCUT2D eigenvalue weighted by molar-refractivity contribution is -0.386. The second kappa shape index (κ2) is 7.41. The molecule has 0 fully saturated rings. The molecule has 13 heteroatoms. The van der Waals surface area contributed by atoms with E-state index in [4.69, 9.17) is 33.0 Å². The van der Waals surface area contributed by atoms with Gasteiger partial charge in [0.15, 0.2) is 11.4 Å². The van der Waals surface area contributed by atoms with Crippen LogP contribution in [-0.2, 0) is 16.6 Å². The lowest BCUT2D eigenvalue weighted by Gasteiger charge is -2.18. The van der Waals surface area contributed by atoms with Gasteiger partial charge in [-0.15, -0.1) is 0 Å². The summed E-state index contributed by atoms with van der Waals surface area (Å²) in [4.78, 5) is 24.9. The van der Waals surface area contributed by atoms with Crippen LogP contribution >= 0.6 is 23.2 Å². The van der Waals surface area contributed by atoms with Crippen molar-refractivity contribution in [1.29, 1.82) is 0 Å². The molecule has 0 saturated carbocycles. The number of carboxylic acids is 1. The predicted octanol–water partition coefficient (Wildman–Crippen LogP) is 4.40. The molecule has 28 heavy (non-hydrogen) atoms. The van der Waals surface area contributed by atoms with E-state index in [2.05, 4.69) is 4.98 Å². The highest BCUT2D eigenvalue weighted by Gasteiger charge is 2.41. The quantitative estimate of drug-likeness (QED) is 0.521. The number of hydrogen-bond donors (Lipinski definition) is 2. The first kappa shape index (κ1) is 21.7. The minimum absolute atomic E-state index is 0.446. The number of halogens is 5. The first-order chi connectivity index (χ1) is 12.7. The van der Waals surface area contributed by atoms with E-state index in [-0.39, 0.29) is 0 Å². The average Bonchev–Trinajstić information content (AvgIpc) is 2.56. The van der Waals surface area contributed by atoms with E-state index < -0.39 is 61.3 Å². The van der Waals surface area contributed by atoms with Crippen LogP contribution in [0, 0.1) is 10.1 Å². The monoisotopic (exact) mass is 440 g/mol. The highest BCUT2D eigenvalue weighted by molar-refractivity contribution is 6.37. The minimum atomic E-state index is -4.72. The highest BCUT2D eigenvalue weighted by Crippen LogP contribution is 2.42. The zero-order valence-corrected chi connectivity index (χ0v) is 15.1. The zero-order chi connectivity index (χ0) is 21.4. The van der Waals surface area contributed by atoms with Gasteiger partial charge in [-0.25, -0.2) is 9.78 Å². The number of alkyl halides is 3. The van der Waals surface area contributed by atoms with Crippen LogP contribution in [0.25, 0.3) is 0 Å². The number of nitro groups is 1. The fourth-order valence-corrected chi connectivity index (χ4v) is 2.59. The van der Waals surface area contributed by atoms with Crippen molar-refractivity contribution in [2.75, 3.05) is 0 Å². The molecule has 1 unspecified atom stereocenters. The van der Waals surface area contributed by atoms with Gasteiger partial charge >= 0.3 is 12.1 Å². The Bertz CT molecular complexity index is 942. The molecule has 1 atom stereocenters. The van der Waals surface area contributed by atoms with Gasteiger partial charge in [0.05, 0.1) is 20.5 Å². The summed E-state index contributed by atoms with van der Waals surface area (Å²) in [6.07, 6.45) is -4.72. The normalized spacial score (nSPS) is 13.7. The van der Waals surface area contributed by atoms with Crippen molar-refractivity contribution in [3.63, 3.8) is 0 Å². The summed E-state index contributed by atoms with van der Waals surface area (Å²) in [5.74, 6) is -2.77. The van der Waals surface area contributed by atoms with E-state index in [0.717, 1.165) is 19.1 Å². The summed E-state index contributed by atoms with van der Waals surface area (Å²) in [7, 11) is 0. The van der Waals surface area contributed by atoms with E-state index in [1.165, 1.54) is 0 Å². The van der Waals surface area contributed by atoms with Gasteiger partial charge < -0.3 is 14.9 Å². The topological polar surface area (TPSA) is 123 Å². The van der Waals surface area contributed by atoms with Crippen LogP contribution in [0.5, 0.6) is 11.6 Å². The lowest BCUT2D eigenvalue weighted by atomic mass is 10.0. The summed E-state index contributed by atoms with van der Waals surface area (Å²) < 4.78 is 43.5. The first-order valence-corrected chi connectivity index (χ1v) is 7.86. The maximum atomic E-state index is 12.8. The molecule has 2 aromatic rings. The SMILES string of the molecule is CC(O)(C(=O)O)c1nc(Oc2c(Cl)cc(C(F)(F)F)cc2Cl)ccc1[N+](=O)[O-]. The van der Waals surface area contributed by atoms with Crippen LogP contribution < -0.4 is 4.74 Å². The van der Waals surface area contributed by atoms with Crippen LogP contribution in [0.2, 0.25) is 10.0 Å². The number of benzene rings is 1. The molecule has 1 heterocycles. The molecular weight excluding hydrogens is 432 g/mol. The van der Waals surface area contributed by atoms with E-state index >= 15 is 0 Å². The number of ether oxygens (including phenoxy) is 1. The van der Waals surface area contributed by atoms with Crippen LogP contribution in [-0.4, -0.2) is 26.1 Å². The molecule has 0 radical (unpaired) electrons. The van der Waals surface area contributed by atoms with Crippen LogP contribution in [0.4, 0.5) is 18.9 Å². The molecule has 0 amide bonds. The van der Waals surface area contributed by atoms with E-state index in [1.807, 2.05) is 0 Å². The molecule has 2 rings (SSSR count). The molecule has 1 aromatic heterocycles. The fourth-order valence-electron chi connectivity index (χ4n) is 2.02. The Kier molecular flexibility index (Phi) is 5.74. The molecule has 2 N–H and O–H groups in total. The number of nitrogens with zero attached hydrogens (tertiary/aromatic N) is 2. The number of hydrogen-bond acceptors (Lipinski definition) is 6. The summed E-state index contributed by atoms with van der Waals surface area (Å²) >= 11 is 11.5.